The number of benzene rings is 2. The van der Waals surface area contributed by atoms with Crippen molar-refractivity contribution in [2.24, 2.45) is 7.05 Å². The summed E-state index contributed by atoms with van der Waals surface area (Å²) in [6.07, 6.45) is 2.22. The average molecular weight is 547 g/mol. The summed E-state index contributed by atoms with van der Waals surface area (Å²) < 4.78 is 73.5. The SMILES string of the molecule is CCOC(=O)c1cc2c(-c3cc(S(C)(=O)=O)ccc3F)cn(C)c(=O)c2n1S(=O)(=O)c1ccc(C)cc1. The number of hydrogen-bond acceptors (Lipinski definition) is 7. The van der Waals surface area contributed by atoms with Crippen molar-refractivity contribution in [2.45, 2.75) is 23.6 Å². The van der Waals surface area contributed by atoms with Crippen molar-refractivity contribution in [3.05, 3.63) is 82.2 Å². The van der Waals surface area contributed by atoms with Crippen LogP contribution in [0.15, 0.2) is 69.3 Å². The maximum atomic E-state index is 15.0. The lowest BCUT2D eigenvalue weighted by molar-refractivity contribution is 0.0518. The van der Waals surface area contributed by atoms with E-state index in [1.807, 2.05) is 0 Å². The molecule has 0 atom stereocenters. The van der Waals surface area contributed by atoms with Crippen molar-refractivity contribution in [3.63, 3.8) is 0 Å². The Balaban J connectivity index is 2.18. The van der Waals surface area contributed by atoms with Crippen molar-refractivity contribution in [3.8, 4) is 11.1 Å². The molecule has 2 heterocycles. The number of hydrogen-bond donors (Lipinski definition) is 0. The van der Waals surface area contributed by atoms with Gasteiger partial charge in [0, 0.05) is 36.0 Å². The molecule has 4 rings (SSSR count). The second kappa shape index (κ2) is 9.27. The Morgan fingerprint density at radius 1 is 0.973 bits per heavy atom. The van der Waals surface area contributed by atoms with Crippen LogP contribution < -0.4 is 5.56 Å². The fourth-order valence-electron chi connectivity index (χ4n) is 3.96. The number of carbonyl (C=O) groups excluding carboxylic acids is 1. The summed E-state index contributed by atoms with van der Waals surface area (Å²) in [6.45, 7) is 3.24. The molecule has 2 aromatic heterocycles. The quantitative estimate of drug-likeness (QED) is 0.269. The summed E-state index contributed by atoms with van der Waals surface area (Å²) in [7, 11) is -6.88. The largest absolute Gasteiger partial charge is 0.461 e. The monoisotopic (exact) mass is 546 g/mol. The molecule has 194 valence electrons. The number of aromatic nitrogens is 2. The molecule has 0 radical (unpaired) electrons. The maximum absolute atomic E-state index is 15.0. The van der Waals surface area contributed by atoms with E-state index >= 15 is 4.39 Å². The van der Waals surface area contributed by atoms with Gasteiger partial charge < -0.3 is 9.30 Å². The third kappa shape index (κ3) is 4.58. The molecule has 0 amide bonds. The number of rotatable bonds is 6. The minimum atomic E-state index is -4.50. The van der Waals surface area contributed by atoms with E-state index in [0.29, 0.717) is 3.97 Å². The molecule has 0 aliphatic rings. The lowest BCUT2D eigenvalue weighted by Gasteiger charge is -2.13. The van der Waals surface area contributed by atoms with Crippen LogP contribution in [-0.4, -0.2) is 44.2 Å². The molecule has 12 heteroatoms. The topological polar surface area (TPSA) is 122 Å². The first-order valence-electron chi connectivity index (χ1n) is 11.0. The number of carbonyl (C=O) groups is 1. The third-order valence-electron chi connectivity index (χ3n) is 5.79. The highest BCUT2D eigenvalue weighted by molar-refractivity contribution is 7.90. The molecule has 0 unspecified atom stereocenters. The standard InChI is InChI=1S/C25H23FN2O7S2/c1-5-35-25(30)22-13-19-20(18-12-17(36(4,31)32)10-11-21(18)26)14-27(3)24(29)23(19)28(22)37(33,34)16-8-6-15(2)7-9-16/h6-14H,5H2,1-4H3. The number of esters is 1. The predicted molar refractivity (Wildman–Crippen MR) is 135 cm³/mol. The molecule has 0 saturated heterocycles. The summed E-state index contributed by atoms with van der Waals surface area (Å²) in [4.78, 5) is 25.8. The van der Waals surface area contributed by atoms with Crippen molar-refractivity contribution in [1.29, 1.82) is 0 Å². The van der Waals surface area contributed by atoms with Gasteiger partial charge in [0.05, 0.1) is 16.4 Å². The average Bonchev–Trinajstić information content (AvgIpc) is 3.24. The molecular weight excluding hydrogens is 523 g/mol. The van der Waals surface area contributed by atoms with Gasteiger partial charge in [-0.2, -0.15) is 0 Å². The second-order valence-electron chi connectivity index (χ2n) is 8.47. The summed E-state index contributed by atoms with van der Waals surface area (Å²) >= 11 is 0. The van der Waals surface area contributed by atoms with E-state index in [0.717, 1.165) is 40.7 Å². The first kappa shape index (κ1) is 26.3. The summed E-state index contributed by atoms with van der Waals surface area (Å²) in [5, 5.41) is -0.0635. The highest BCUT2D eigenvalue weighted by atomic mass is 32.2. The number of aryl methyl sites for hydroxylation is 2. The molecule has 0 saturated carbocycles. The molecule has 2 aromatic carbocycles. The number of ether oxygens (including phenoxy) is 1. The van der Waals surface area contributed by atoms with Crippen LogP contribution in [0.3, 0.4) is 0 Å². The van der Waals surface area contributed by atoms with Crippen molar-refractivity contribution in [2.75, 3.05) is 12.9 Å². The number of fused-ring (bicyclic) bond motifs is 1. The highest BCUT2D eigenvalue weighted by Crippen LogP contribution is 2.34. The van der Waals surface area contributed by atoms with Crippen LogP contribution in [-0.2, 0) is 31.6 Å². The molecular formula is C25H23FN2O7S2. The molecule has 0 bridgehead atoms. The van der Waals surface area contributed by atoms with E-state index < -0.39 is 48.4 Å². The van der Waals surface area contributed by atoms with E-state index in [2.05, 4.69) is 0 Å². The Labute approximate surface area is 212 Å². The van der Waals surface area contributed by atoms with Crippen LogP contribution in [0.4, 0.5) is 4.39 Å². The second-order valence-corrected chi connectivity index (χ2v) is 12.3. The number of pyridine rings is 1. The van der Waals surface area contributed by atoms with Crippen LogP contribution in [0.2, 0.25) is 0 Å². The lowest BCUT2D eigenvalue weighted by atomic mass is 10.0. The Morgan fingerprint density at radius 2 is 1.59 bits per heavy atom. The molecule has 0 fully saturated rings. The number of halogens is 1. The molecule has 0 aliphatic carbocycles. The summed E-state index contributed by atoms with van der Waals surface area (Å²) in [6, 6.07) is 10.1. The fraction of sp³-hybridized carbons (Fsp3) is 0.200. The van der Waals surface area contributed by atoms with Crippen LogP contribution in [0.1, 0.15) is 23.0 Å². The molecule has 0 aliphatic heterocycles. The zero-order valence-corrected chi connectivity index (χ0v) is 22.0. The van der Waals surface area contributed by atoms with Gasteiger partial charge in [-0.1, -0.05) is 17.7 Å². The Morgan fingerprint density at radius 3 is 2.19 bits per heavy atom. The summed E-state index contributed by atoms with van der Waals surface area (Å²) in [5.74, 6) is -1.81. The molecule has 9 nitrogen and oxygen atoms in total. The van der Waals surface area contributed by atoms with Gasteiger partial charge in [0.2, 0.25) is 0 Å². The van der Waals surface area contributed by atoms with E-state index in [9.17, 15) is 26.4 Å². The van der Waals surface area contributed by atoms with Gasteiger partial charge in [-0.05, 0) is 50.2 Å². The lowest BCUT2D eigenvalue weighted by Crippen LogP contribution is -2.25. The van der Waals surface area contributed by atoms with Crippen LogP contribution >= 0.6 is 0 Å². The minimum absolute atomic E-state index is 0.0171. The van der Waals surface area contributed by atoms with Gasteiger partial charge in [0.1, 0.15) is 17.0 Å². The van der Waals surface area contributed by atoms with Crippen LogP contribution in [0, 0.1) is 12.7 Å². The van der Waals surface area contributed by atoms with E-state index in [1.54, 1.807) is 19.1 Å². The Bertz CT molecular complexity index is 1840. The zero-order valence-electron chi connectivity index (χ0n) is 20.3. The van der Waals surface area contributed by atoms with Gasteiger partial charge in [0.15, 0.2) is 9.84 Å². The van der Waals surface area contributed by atoms with E-state index in [1.165, 1.54) is 32.3 Å². The van der Waals surface area contributed by atoms with E-state index in [4.69, 9.17) is 4.74 Å². The maximum Gasteiger partial charge on any atom is 0.356 e. The first-order valence-corrected chi connectivity index (χ1v) is 14.3. The smallest absolute Gasteiger partial charge is 0.356 e. The van der Waals surface area contributed by atoms with Gasteiger partial charge in [0.25, 0.3) is 15.6 Å². The first-order chi connectivity index (χ1) is 17.3. The number of sulfone groups is 1. The van der Waals surface area contributed by atoms with E-state index in [-0.39, 0.29) is 32.9 Å². The van der Waals surface area contributed by atoms with Crippen LogP contribution in [0.5, 0.6) is 0 Å². The van der Waals surface area contributed by atoms with Gasteiger partial charge in [-0.25, -0.2) is 30.0 Å². The van der Waals surface area contributed by atoms with Crippen LogP contribution in [0.25, 0.3) is 22.0 Å². The van der Waals surface area contributed by atoms with Crippen molar-refractivity contribution >= 4 is 36.7 Å². The molecule has 37 heavy (non-hydrogen) atoms. The Hall–Kier alpha value is -3.77. The van der Waals surface area contributed by atoms with Crippen molar-refractivity contribution in [1.82, 2.24) is 8.54 Å². The zero-order chi connectivity index (χ0) is 27.3. The highest BCUT2D eigenvalue weighted by Gasteiger charge is 2.31. The molecule has 0 spiro atoms. The van der Waals surface area contributed by atoms with Gasteiger partial charge >= 0.3 is 5.97 Å². The fourth-order valence-corrected chi connectivity index (χ4v) is 6.10. The third-order valence-corrected chi connectivity index (χ3v) is 8.63. The molecule has 0 N–H and O–H groups in total. The molecule has 4 aromatic rings. The summed E-state index contributed by atoms with van der Waals surface area (Å²) in [5.41, 5.74) is -1.02. The Kier molecular flexibility index (Phi) is 6.59. The van der Waals surface area contributed by atoms with Gasteiger partial charge in [-0.3, -0.25) is 4.79 Å². The van der Waals surface area contributed by atoms with Gasteiger partial charge in [-0.15, -0.1) is 0 Å². The normalized spacial score (nSPS) is 12.1. The predicted octanol–water partition coefficient (Wildman–Crippen LogP) is 3.27. The number of nitrogens with zero attached hydrogens (tertiary/aromatic N) is 2. The minimum Gasteiger partial charge on any atom is -0.461 e. The van der Waals surface area contributed by atoms with Crippen molar-refractivity contribution < 1.29 is 30.8 Å².